The Balaban J connectivity index is 1.91. The molecule has 0 aliphatic carbocycles. The maximum absolute atomic E-state index is 14.0. The Hall–Kier alpha value is -0.750. The third-order valence-electron chi connectivity index (χ3n) is 4.34. The molecule has 2 atom stereocenters. The number of morpholine rings is 1. The Kier molecular flexibility index (Phi) is 4.45. The maximum Gasteiger partial charge on any atom is 0.154 e. The van der Waals surface area contributed by atoms with Crippen molar-refractivity contribution in [1.82, 2.24) is 10.2 Å². The normalized spacial score (nSPS) is 26.2. The first-order chi connectivity index (χ1) is 10.1. The molecule has 0 radical (unpaired) electrons. The van der Waals surface area contributed by atoms with Gasteiger partial charge in [-0.1, -0.05) is 0 Å². The van der Waals surface area contributed by atoms with Gasteiger partial charge in [-0.25, -0.2) is 4.39 Å². The van der Waals surface area contributed by atoms with Gasteiger partial charge in [-0.05, 0) is 46.7 Å². The number of nitrogens with one attached hydrogen (secondary N) is 1. The second-order valence-corrected chi connectivity index (χ2v) is 6.71. The summed E-state index contributed by atoms with van der Waals surface area (Å²) < 4.78 is 20.5. The van der Waals surface area contributed by atoms with Crippen LogP contribution in [0.15, 0.2) is 6.07 Å². The fourth-order valence-electron chi connectivity index (χ4n) is 3.09. The van der Waals surface area contributed by atoms with Crippen LogP contribution in [-0.4, -0.2) is 43.7 Å². The molecule has 112 valence electrons. The van der Waals surface area contributed by atoms with Crippen LogP contribution in [0.5, 0.6) is 0 Å². The summed E-state index contributed by atoms with van der Waals surface area (Å²) in [6, 6.07) is 4.22. The SMILES string of the molecule is Cc1c([C@@H]2CN3CCNC[C@H]3CO2)cc(I)c(F)c1C#N. The Bertz CT molecular complexity index is 602. The fraction of sp³-hybridized carbons (Fsp3) is 0.533. The monoisotopic (exact) mass is 401 g/mol. The number of hydrogen-bond acceptors (Lipinski definition) is 4. The largest absolute Gasteiger partial charge is 0.370 e. The van der Waals surface area contributed by atoms with Gasteiger partial charge in [0.05, 0.1) is 21.8 Å². The summed E-state index contributed by atoms with van der Waals surface area (Å²) in [5, 5.41) is 12.6. The molecule has 0 unspecified atom stereocenters. The van der Waals surface area contributed by atoms with Crippen molar-refractivity contribution in [2.45, 2.75) is 19.1 Å². The van der Waals surface area contributed by atoms with Crippen molar-refractivity contribution in [2.24, 2.45) is 0 Å². The molecular weight excluding hydrogens is 384 g/mol. The quantitative estimate of drug-likeness (QED) is 0.732. The van der Waals surface area contributed by atoms with Crippen LogP contribution in [0.2, 0.25) is 0 Å². The van der Waals surface area contributed by atoms with Crippen molar-refractivity contribution >= 4 is 22.6 Å². The van der Waals surface area contributed by atoms with Crippen LogP contribution in [0.4, 0.5) is 4.39 Å². The molecule has 1 N–H and O–H groups in total. The minimum Gasteiger partial charge on any atom is -0.370 e. The van der Waals surface area contributed by atoms with Gasteiger partial charge in [0, 0.05) is 32.2 Å². The number of rotatable bonds is 1. The first-order valence-corrected chi connectivity index (χ1v) is 8.14. The van der Waals surface area contributed by atoms with E-state index >= 15 is 0 Å². The van der Waals surface area contributed by atoms with E-state index in [4.69, 9.17) is 4.74 Å². The van der Waals surface area contributed by atoms with E-state index in [-0.39, 0.29) is 11.7 Å². The van der Waals surface area contributed by atoms with E-state index in [9.17, 15) is 9.65 Å². The zero-order valence-electron chi connectivity index (χ0n) is 11.8. The molecule has 2 saturated heterocycles. The number of ether oxygens (including phenoxy) is 1. The highest BCUT2D eigenvalue weighted by atomic mass is 127. The molecule has 6 heteroatoms. The van der Waals surface area contributed by atoms with E-state index in [1.165, 1.54) is 0 Å². The molecule has 3 rings (SSSR count). The first-order valence-electron chi connectivity index (χ1n) is 7.06. The summed E-state index contributed by atoms with van der Waals surface area (Å²) in [5.74, 6) is -0.421. The highest BCUT2D eigenvalue weighted by molar-refractivity contribution is 14.1. The topological polar surface area (TPSA) is 48.3 Å². The molecule has 21 heavy (non-hydrogen) atoms. The van der Waals surface area contributed by atoms with Gasteiger partial charge in [-0.15, -0.1) is 0 Å². The molecule has 1 aromatic rings. The van der Waals surface area contributed by atoms with Gasteiger partial charge in [0.25, 0.3) is 0 Å². The molecule has 2 aliphatic heterocycles. The molecule has 2 aliphatic rings. The molecule has 0 spiro atoms. The first kappa shape index (κ1) is 15.2. The predicted molar refractivity (Wildman–Crippen MR) is 85.5 cm³/mol. The lowest BCUT2D eigenvalue weighted by Gasteiger charge is -2.43. The zero-order valence-corrected chi connectivity index (χ0v) is 14.0. The van der Waals surface area contributed by atoms with Crippen molar-refractivity contribution in [3.05, 3.63) is 32.1 Å². The molecule has 0 saturated carbocycles. The number of hydrogen-bond donors (Lipinski definition) is 1. The highest BCUT2D eigenvalue weighted by Gasteiger charge is 2.32. The summed E-state index contributed by atoms with van der Waals surface area (Å²) in [4.78, 5) is 2.42. The van der Waals surface area contributed by atoms with Crippen molar-refractivity contribution in [3.8, 4) is 6.07 Å². The van der Waals surface area contributed by atoms with E-state index in [1.807, 2.05) is 34.7 Å². The number of benzene rings is 1. The number of halogens is 2. The lowest BCUT2D eigenvalue weighted by Crippen LogP contribution is -2.57. The third kappa shape index (κ3) is 2.80. The van der Waals surface area contributed by atoms with Crippen LogP contribution in [-0.2, 0) is 4.74 Å². The van der Waals surface area contributed by atoms with E-state index in [1.54, 1.807) is 6.92 Å². The summed E-state index contributed by atoms with van der Waals surface area (Å²) >= 11 is 1.94. The standard InChI is InChI=1S/C15H17FIN3O/c1-9-11(4-13(17)15(16)12(9)5-18)14-7-20-3-2-19-6-10(20)8-21-14/h4,10,14,19H,2-3,6-8H2,1H3/t10-,14-/m0/s1. The van der Waals surface area contributed by atoms with Crippen molar-refractivity contribution in [2.75, 3.05) is 32.8 Å². The molecule has 1 aromatic carbocycles. The van der Waals surface area contributed by atoms with Crippen molar-refractivity contribution in [1.29, 1.82) is 5.26 Å². The van der Waals surface area contributed by atoms with Gasteiger partial charge >= 0.3 is 0 Å². The summed E-state index contributed by atoms with van der Waals surface area (Å²) in [6.45, 7) is 6.24. The van der Waals surface area contributed by atoms with Crippen LogP contribution >= 0.6 is 22.6 Å². The Morgan fingerprint density at radius 1 is 1.57 bits per heavy atom. The van der Waals surface area contributed by atoms with Crippen molar-refractivity contribution < 1.29 is 9.13 Å². The lowest BCUT2D eigenvalue weighted by atomic mass is 9.96. The molecule has 4 nitrogen and oxygen atoms in total. The smallest absolute Gasteiger partial charge is 0.154 e. The molecular formula is C15H17FIN3O. The van der Waals surface area contributed by atoms with E-state index in [0.717, 1.165) is 31.7 Å². The number of piperazine rings is 1. The minimum absolute atomic E-state index is 0.0828. The van der Waals surface area contributed by atoms with Gasteiger partial charge in [0.2, 0.25) is 0 Å². The second-order valence-electron chi connectivity index (χ2n) is 5.55. The zero-order chi connectivity index (χ0) is 15.0. The molecule has 0 aromatic heterocycles. The number of fused-ring (bicyclic) bond motifs is 1. The van der Waals surface area contributed by atoms with Crippen LogP contribution < -0.4 is 5.32 Å². The number of nitriles is 1. The maximum atomic E-state index is 14.0. The predicted octanol–water partition coefficient (Wildman–Crippen LogP) is 1.96. The van der Waals surface area contributed by atoms with Crippen molar-refractivity contribution in [3.63, 3.8) is 0 Å². The highest BCUT2D eigenvalue weighted by Crippen LogP contribution is 2.32. The van der Waals surface area contributed by atoms with Gasteiger partial charge in [0.1, 0.15) is 6.07 Å². The third-order valence-corrected chi connectivity index (χ3v) is 5.13. The summed E-state index contributed by atoms with van der Waals surface area (Å²) in [6.07, 6.45) is -0.0828. The van der Waals surface area contributed by atoms with Crippen LogP contribution in [0.25, 0.3) is 0 Å². The minimum atomic E-state index is -0.421. The van der Waals surface area contributed by atoms with Gasteiger partial charge in [-0.2, -0.15) is 5.26 Å². The molecule has 0 amide bonds. The van der Waals surface area contributed by atoms with Gasteiger partial charge in [0.15, 0.2) is 5.82 Å². The van der Waals surface area contributed by atoms with Crippen LogP contribution in [0, 0.1) is 27.6 Å². The molecule has 2 fully saturated rings. The average Bonchev–Trinajstić information content (AvgIpc) is 2.51. The van der Waals surface area contributed by atoms with Crippen LogP contribution in [0.1, 0.15) is 22.8 Å². The van der Waals surface area contributed by atoms with E-state index in [0.29, 0.717) is 21.8 Å². The van der Waals surface area contributed by atoms with Crippen LogP contribution in [0.3, 0.4) is 0 Å². The average molecular weight is 401 g/mol. The fourth-order valence-corrected chi connectivity index (χ4v) is 3.70. The summed E-state index contributed by atoms with van der Waals surface area (Å²) in [7, 11) is 0. The Morgan fingerprint density at radius 2 is 2.38 bits per heavy atom. The summed E-state index contributed by atoms with van der Waals surface area (Å²) in [5.41, 5.74) is 1.78. The lowest BCUT2D eigenvalue weighted by molar-refractivity contribution is -0.0720. The molecule has 0 bridgehead atoms. The Labute approximate surface area is 137 Å². The van der Waals surface area contributed by atoms with E-state index < -0.39 is 5.82 Å². The molecule has 2 heterocycles. The van der Waals surface area contributed by atoms with E-state index in [2.05, 4.69) is 10.2 Å². The second kappa shape index (κ2) is 6.16. The van der Waals surface area contributed by atoms with Gasteiger partial charge < -0.3 is 10.1 Å². The number of nitrogens with zero attached hydrogens (tertiary/aromatic N) is 2. The Morgan fingerprint density at radius 3 is 3.14 bits per heavy atom. The van der Waals surface area contributed by atoms with Gasteiger partial charge in [-0.3, -0.25) is 4.90 Å².